The fraction of sp³-hybridized carbons (Fsp3) is 0.867. The number of rotatable bonds is 5. The number of piperidine rings is 1. The highest BCUT2D eigenvalue weighted by atomic mass is 16.4. The van der Waals surface area contributed by atoms with Crippen LogP contribution in [-0.4, -0.2) is 59.5 Å². The van der Waals surface area contributed by atoms with Crippen molar-refractivity contribution < 1.29 is 14.7 Å². The zero-order valence-electron chi connectivity index (χ0n) is 12.4. The van der Waals surface area contributed by atoms with Crippen LogP contribution in [0, 0.1) is 5.41 Å². The number of amides is 1. The van der Waals surface area contributed by atoms with Gasteiger partial charge in [0.2, 0.25) is 5.91 Å². The molecule has 2 saturated heterocycles. The van der Waals surface area contributed by atoms with Crippen LogP contribution < -0.4 is 0 Å². The van der Waals surface area contributed by atoms with E-state index in [9.17, 15) is 14.7 Å². The van der Waals surface area contributed by atoms with E-state index in [-0.39, 0.29) is 5.91 Å². The zero-order chi connectivity index (χ0) is 14.6. The molecule has 2 rings (SSSR count). The first-order chi connectivity index (χ1) is 9.57. The van der Waals surface area contributed by atoms with Crippen molar-refractivity contribution in [3.63, 3.8) is 0 Å². The Bertz CT molecular complexity index is 362. The number of carboxylic acid groups (broad SMARTS) is 1. The van der Waals surface area contributed by atoms with Crippen molar-refractivity contribution in [3.05, 3.63) is 0 Å². The Hall–Kier alpha value is -1.10. The molecule has 0 unspecified atom stereocenters. The summed E-state index contributed by atoms with van der Waals surface area (Å²) in [7, 11) is 0. The number of carboxylic acids is 1. The van der Waals surface area contributed by atoms with Crippen LogP contribution in [0.2, 0.25) is 0 Å². The van der Waals surface area contributed by atoms with Gasteiger partial charge in [0.25, 0.3) is 0 Å². The molecule has 0 aromatic carbocycles. The summed E-state index contributed by atoms with van der Waals surface area (Å²) in [6.45, 7) is 5.57. The predicted octanol–water partition coefficient (Wildman–Crippen LogP) is 1.58. The summed E-state index contributed by atoms with van der Waals surface area (Å²) < 4.78 is 0. The van der Waals surface area contributed by atoms with Gasteiger partial charge in [-0.2, -0.15) is 0 Å². The first-order valence-corrected chi connectivity index (χ1v) is 7.81. The quantitative estimate of drug-likeness (QED) is 0.831. The number of nitrogens with zero attached hydrogens (tertiary/aromatic N) is 2. The van der Waals surface area contributed by atoms with Gasteiger partial charge in [-0.25, -0.2) is 0 Å². The molecule has 0 aromatic rings. The van der Waals surface area contributed by atoms with Gasteiger partial charge in [-0.15, -0.1) is 0 Å². The number of hydrogen-bond acceptors (Lipinski definition) is 3. The van der Waals surface area contributed by atoms with Gasteiger partial charge in [0.1, 0.15) is 0 Å². The molecule has 5 heteroatoms. The lowest BCUT2D eigenvalue weighted by Crippen LogP contribution is -2.51. The topological polar surface area (TPSA) is 60.9 Å². The van der Waals surface area contributed by atoms with Crippen LogP contribution in [0.15, 0.2) is 0 Å². The Kier molecular flexibility index (Phi) is 5.02. The highest BCUT2D eigenvalue weighted by molar-refractivity contribution is 5.81. The van der Waals surface area contributed by atoms with Crippen LogP contribution in [0.5, 0.6) is 0 Å². The standard InChI is InChI=1S/C15H26N2O3/c1-2-6-15(14(19)20)7-5-10-17(12-15)13(18)11-16-8-3-4-9-16/h2-12H2,1H3,(H,19,20)/t15-/m1/s1. The van der Waals surface area contributed by atoms with Crippen molar-refractivity contribution in [2.45, 2.75) is 45.4 Å². The van der Waals surface area contributed by atoms with E-state index in [0.29, 0.717) is 32.5 Å². The van der Waals surface area contributed by atoms with E-state index in [0.717, 1.165) is 25.9 Å². The van der Waals surface area contributed by atoms with Crippen molar-refractivity contribution >= 4 is 11.9 Å². The van der Waals surface area contributed by atoms with E-state index in [2.05, 4.69) is 4.90 Å². The predicted molar refractivity (Wildman–Crippen MR) is 76.5 cm³/mol. The van der Waals surface area contributed by atoms with Crippen LogP contribution in [0.1, 0.15) is 45.4 Å². The van der Waals surface area contributed by atoms with Crippen molar-refractivity contribution in [2.24, 2.45) is 5.41 Å². The number of carbonyl (C=O) groups is 2. The van der Waals surface area contributed by atoms with E-state index < -0.39 is 11.4 Å². The lowest BCUT2D eigenvalue weighted by molar-refractivity contribution is -0.155. The highest BCUT2D eigenvalue weighted by Crippen LogP contribution is 2.35. The second-order valence-corrected chi connectivity index (χ2v) is 6.24. The minimum absolute atomic E-state index is 0.105. The molecular weight excluding hydrogens is 256 g/mol. The molecule has 1 atom stereocenters. The molecule has 0 radical (unpaired) electrons. The molecule has 2 fully saturated rings. The summed E-state index contributed by atoms with van der Waals surface area (Å²) in [4.78, 5) is 28.0. The van der Waals surface area contributed by atoms with Gasteiger partial charge >= 0.3 is 5.97 Å². The minimum Gasteiger partial charge on any atom is -0.481 e. The average Bonchev–Trinajstić information content (AvgIpc) is 2.92. The normalized spacial score (nSPS) is 27.8. The number of likely N-dealkylation sites (tertiary alicyclic amines) is 2. The third kappa shape index (κ3) is 3.32. The minimum atomic E-state index is -0.738. The Morgan fingerprint density at radius 2 is 1.85 bits per heavy atom. The zero-order valence-corrected chi connectivity index (χ0v) is 12.4. The van der Waals surface area contributed by atoms with Crippen molar-refractivity contribution in [1.82, 2.24) is 9.80 Å². The maximum absolute atomic E-state index is 12.4. The third-order valence-corrected chi connectivity index (χ3v) is 4.67. The lowest BCUT2D eigenvalue weighted by atomic mass is 9.76. The molecular formula is C15H26N2O3. The number of hydrogen-bond donors (Lipinski definition) is 1. The maximum Gasteiger partial charge on any atom is 0.311 e. The molecule has 0 saturated carbocycles. The molecule has 2 aliphatic heterocycles. The van der Waals surface area contributed by atoms with E-state index >= 15 is 0 Å². The molecule has 5 nitrogen and oxygen atoms in total. The van der Waals surface area contributed by atoms with Gasteiger partial charge in [-0.1, -0.05) is 13.3 Å². The molecule has 20 heavy (non-hydrogen) atoms. The van der Waals surface area contributed by atoms with Gasteiger partial charge in [0.15, 0.2) is 0 Å². The summed E-state index contributed by atoms with van der Waals surface area (Å²) in [5, 5.41) is 9.56. The molecule has 0 bridgehead atoms. The second-order valence-electron chi connectivity index (χ2n) is 6.24. The van der Waals surface area contributed by atoms with Gasteiger partial charge in [0.05, 0.1) is 12.0 Å². The van der Waals surface area contributed by atoms with Gasteiger partial charge in [0, 0.05) is 13.1 Å². The summed E-state index contributed by atoms with van der Waals surface area (Å²) >= 11 is 0. The van der Waals surface area contributed by atoms with Crippen LogP contribution in [0.4, 0.5) is 0 Å². The van der Waals surface area contributed by atoms with E-state index in [1.165, 1.54) is 12.8 Å². The highest BCUT2D eigenvalue weighted by Gasteiger charge is 2.42. The largest absolute Gasteiger partial charge is 0.481 e. The molecule has 1 N–H and O–H groups in total. The van der Waals surface area contributed by atoms with Crippen LogP contribution >= 0.6 is 0 Å². The Morgan fingerprint density at radius 3 is 2.45 bits per heavy atom. The Labute approximate surface area is 120 Å². The Morgan fingerprint density at radius 1 is 1.15 bits per heavy atom. The fourth-order valence-electron chi connectivity index (χ4n) is 3.54. The summed E-state index contributed by atoms with van der Waals surface area (Å²) in [6.07, 6.45) is 5.35. The van der Waals surface area contributed by atoms with Crippen LogP contribution in [0.25, 0.3) is 0 Å². The third-order valence-electron chi connectivity index (χ3n) is 4.67. The van der Waals surface area contributed by atoms with Crippen LogP contribution in [-0.2, 0) is 9.59 Å². The van der Waals surface area contributed by atoms with Gasteiger partial charge < -0.3 is 10.0 Å². The average molecular weight is 282 g/mol. The SMILES string of the molecule is CCC[C@@]1(C(=O)O)CCCN(C(=O)CN2CCCC2)C1. The van der Waals surface area contributed by atoms with Crippen molar-refractivity contribution in [2.75, 3.05) is 32.7 Å². The molecule has 114 valence electrons. The molecule has 0 spiro atoms. The van der Waals surface area contributed by atoms with E-state index in [4.69, 9.17) is 0 Å². The fourth-order valence-corrected chi connectivity index (χ4v) is 3.54. The number of aliphatic carboxylic acids is 1. The lowest BCUT2D eigenvalue weighted by Gasteiger charge is -2.40. The summed E-state index contributed by atoms with van der Waals surface area (Å²) in [5.41, 5.74) is -0.715. The summed E-state index contributed by atoms with van der Waals surface area (Å²) in [5.74, 6) is -0.633. The van der Waals surface area contributed by atoms with Gasteiger partial charge in [-0.3, -0.25) is 14.5 Å². The molecule has 1 amide bonds. The first kappa shape index (κ1) is 15.3. The van der Waals surface area contributed by atoms with Crippen molar-refractivity contribution in [3.8, 4) is 0 Å². The Balaban J connectivity index is 1.97. The molecule has 0 aromatic heterocycles. The second kappa shape index (κ2) is 6.57. The van der Waals surface area contributed by atoms with E-state index in [1.807, 2.05) is 6.92 Å². The smallest absolute Gasteiger partial charge is 0.311 e. The first-order valence-electron chi connectivity index (χ1n) is 7.81. The van der Waals surface area contributed by atoms with Gasteiger partial charge in [-0.05, 0) is 45.2 Å². The summed E-state index contributed by atoms with van der Waals surface area (Å²) in [6, 6.07) is 0. The number of carbonyl (C=O) groups excluding carboxylic acids is 1. The molecule has 2 aliphatic rings. The molecule has 0 aliphatic carbocycles. The monoisotopic (exact) mass is 282 g/mol. The van der Waals surface area contributed by atoms with Crippen LogP contribution in [0.3, 0.4) is 0 Å². The molecule has 2 heterocycles. The maximum atomic E-state index is 12.4. The van der Waals surface area contributed by atoms with Crippen molar-refractivity contribution in [1.29, 1.82) is 0 Å². The van der Waals surface area contributed by atoms with E-state index in [1.54, 1.807) is 4.90 Å².